The molecule has 0 heterocycles. The smallest absolute Gasteiger partial charge is 0.242 e. The van der Waals surface area contributed by atoms with E-state index in [0.717, 1.165) is 6.26 Å². The van der Waals surface area contributed by atoms with E-state index < -0.39 is 21.6 Å². The van der Waals surface area contributed by atoms with Gasteiger partial charge in [0, 0.05) is 40.7 Å². The Hall–Kier alpha value is -2.49. The molecule has 2 amide bonds. The van der Waals surface area contributed by atoms with E-state index in [0.29, 0.717) is 33.7 Å². The predicted octanol–water partition coefficient (Wildman–Crippen LogP) is 5.27. The Morgan fingerprint density at radius 2 is 1.63 bits per heavy atom. The number of halogens is 2. The van der Waals surface area contributed by atoms with Gasteiger partial charge in [0.1, 0.15) is 11.8 Å². The lowest BCUT2D eigenvalue weighted by molar-refractivity contribution is -0.141. The summed E-state index contributed by atoms with van der Waals surface area (Å²) in [5.74, 6) is -0.00450. The molecular formula is C27H37Cl2N3O5S. The monoisotopic (exact) mass is 585 g/mol. The second kappa shape index (κ2) is 13.5. The van der Waals surface area contributed by atoms with Gasteiger partial charge in [-0.3, -0.25) is 13.9 Å². The van der Waals surface area contributed by atoms with Gasteiger partial charge in [0.15, 0.2) is 0 Å². The summed E-state index contributed by atoms with van der Waals surface area (Å²) in [5, 5.41) is 3.68. The fourth-order valence-electron chi connectivity index (χ4n) is 3.79. The molecule has 0 aliphatic rings. The number of nitrogens with zero attached hydrogens (tertiary/aromatic N) is 2. The molecule has 0 aliphatic heterocycles. The lowest BCUT2D eigenvalue weighted by Crippen LogP contribution is -2.52. The van der Waals surface area contributed by atoms with E-state index in [4.69, 9.17) is 27.9 Å². The first-order valence-corrected chi connectivity index (χ1v) is 15.0. The molecule has 210 valence electrons. The third-order valence-electron chi connectivity index (χ3n) is 5.64. The maximum atomic E-state index is 13.4. The van der Waals surface area contributed by atoms with Crippen LogP contribution in [0.25, 0.3) is 0 Å². The molecule has 8 nitrogen and oxygen atoms in total. The average molecular weight is 587 g/mol. The van der Waals surface area contributed by atoms with Gasteiger partial charge in [-0.15, -0.1) is 0 Å². The molecule has 38 heavy (non-hydrogen) atoms. The Labute approximate surface area is 236 Å². The Morgan fingerprint density at radius 3 is 2.13 bits per heavy atom. The third-order valence-corrected chi connectivity index (χ3v) is 7.55. The Morgan fingerprint density at radius 1 is 1.05 bits per heavy atom. The molecule has 11 heteroatoms. The largest absolute Gasteiger partial charge is 0.494 e. The normalized spacial score (nSPS) is 12.5. The lowest BCUT2D eigenvalue weighted by Gasteiger charge is -2.32. The SMILES string of the molecule is CCOc1ccc(N(CCCC(=O)N(Cc2c(Cl)cccc2Cl)[C@@H](C)C(=O)NC(C)(C)C)S(C)(=O)=O)cc1. The first-order chi connectivity index (χ1) is 17.6. The van der Waals surface area contributed by atoms with Gasteiger partial charge in [0.2, 0.25) is 21.8 Å². The van der Waals surface area contributed by atoms with Crippen molar-refractivity contribution in [3.8, 4) is 5.75 Å². The second-order valence-corrected chi connectivity index (χ2v) is 12.7. The van der Waals surface area contributed by atoms with Gasteiger partial charge >= 0.3 is 0 Å². The van der Waals surface area contributed by atoms with E-state index in [9.17, 15) is 18.0 Å². The quantitative estimate of drug-likeness (QED) is 0.366. The van der Waals surface area contributed by atoms with Crippen LogP contribution in [0.1, 0.15) is 53.0 Å². The molecule has 0 aromatic heterocycles. The van der Waals surface area contributed by atoms with Crippen LogP contribution in [0.4, 0.5) is 5.69 Å². The minimum Gasteiger partial charge on any atom is -0.494 e. The van der Waals surface area contributed by atoms with Crippen LogP contribution in [0.2, 0.25) is 10.0 Å². The molecule has 1 atom stereocenters. The molecule has 0 unspecified atom stereocenters. The van der Waals surface area contributed by atoms with Crippen molar-refractivity contribution in [2.45, 2.75) is 65.6 Å². The molecule has 0 aliphatic carbocycles. The van der Waals surface area contributed by atoms with Crippen molar-refractivity contribution in [1.82, 2.24) is 10.2 Å². The van der Waals surface area contributed by atoms with E-state index in [1.165, 1.54) is 9.21 Å². The van der Waals surface area contributed by atoms with E-state index >= 15 is 0 Å². The lowest BCUT2D eigenvalue weighted by atomic mass is 10.1. The summed E-state index contributed by atoms with van der Waals surface area (Å²) in [4.78, 5) is 27.8. The van der Waals surface area contributed by atoms with Crippen molar-refractivity contribution in [3.63, 3.8) is 0 Å². The van der Waals surface area contributed by atoms with Crippen molar-refractivity contribution in [3.05, 3.63) is 58.1 Å². The number of hydrogen-bond donors (Lipinski definition) is 1. The summed E-state index contributed by atoms with van der Waals surface area (Å²) in [5.41, 5.74) is 0.517. The van der Waals surface area contributed by atoms with E-state index in [2.05, 4.69) is 5.32 Å². The fourth-order valence-corrected chi connectivity index (χ4v) is 5.27. The van der Waals surface area contributed by atoms with Gasteiger partial charge < -0.3 is 15.0 Å². The summed E-state index contributed by atoms with van der Waals surface area (Å²) in [6.07, 6.45) is 1.37. The number of sulfonamides is 1. The van der Waals surface area contributed by atoms with Gasteiger partial charge in [0.05, 0.1) is 18.6 Å². The number of rotatable bonds is 12. The molecule has 0 saturated carbocycles. The molecular weight excluding hydrogens is 549 g/mol. The Balaban J connectivity index is 2.23. The highest BCUT2D eigenvalue weighted by Crippen LogP contribution is 2.27. The van der Waals surface area contributed by atoms with Crippen molar-refractivity contribution < 1.29 is 22.7 Å². The van der Waals surface area contributed by atoms with Crippen LogP contribution in [0.15, 0.2) is 42.5 Å². The summed E-state index contributed by atoms with van der Waals surface area (Å²) >= 11 is 12.7. The van der Waals surface area contributed by atoms with E-state index in [1.54, 1.807) is 49.4 Å². The molecule has 2 aromatic carbocycles. The van der Waals surface area contributed by atoms with E-state index in [-0.39, 0.29) is 37.7 Å². The first kappa shape index (κ1) is 31.7. The zero-order valence-electron chi connectivity index (χ0n) is 22.8. The van der Waals surface area contributed by atoms with Crippen LogP contribution in [0, 0.1) is 0 Å². The second-order valence-electron chi connectivity index (χ2n) is 10.0. The first-order valence-electron chi connectivity index (χ1n) is 12.4. The van der Waals surface area contributed by atoms with Crippen LogP contribution in [-0.2, 0) is 26.2 Å². The Kier molecular flexibility index (Phi) is 11.3. The van der Waals surface area contributed by atoms with Crippen molar-refractivity contribution in [2.75, 3.05) is 23.7 Å². The Bertz CT molecular complexity index is 1190. The fraction of sp³-hybridized carbons (Fsp3) is 0.481. The van der Waals surface area contributed by atoms with Gasteiger partial charge in [-0.05, 0) is 77.4 Å². The number of benzene rings is 2. The third kappa shape index (κ3) is 9.36. The number of anilines is 1. The number of hydrogen-bond acceptors (Lipinski definition) is 5. The van der Waals surface area contributed by atoms with Crippen molar-refractivity contribution in [1.29, 1.82) is 0 Å². The molecule has 2 rings (SSSR count). The average Bonchev–Trinajstić information content (AvgIpc) is 2.80. The van der Waals surface area contributed by atoms with Crippen molar-refractivity contribution >= 4 is 50.7 Å². The van der Waals surface area contributed by atoms with Gasteiger partial charge in [0.25, 0.3) is 0 Å². The number of amides is 2. The summed E-state index contributed by atoms with van der Waals surface area (Å²) < 4.78 is 31.7. The van der Waals surface area contributed by atoms with Gasteiger partial charge in [-0.2, -0.15) is 0 Å². The minimum absolute atomic E-state index is 0.0122. The maximum absolute atomic E-state index is 13.4. The highest BCUT2D eigenvalue weighted by molar-refractivity contribution is 7.92. The van der Waals surface area contributed by atoms with E-state index in [1.807, 2.05) is 27.7 Å². The highest BCUT2D eigenvalue weighted by Gasteiger charge is 2.29. The predicted molar refractivity (Wildman–Crippen MR) is 153 cm³/mol. The van der Waals surface area contributed by atoms with Gasteiger partial charge in [-0.1, -0.05) is 29.3 Å². The zero-order chi connectivity index (χ0) is 28.7. The summed E-state index contributed by atoms with van der Waals surface area (Å²) in [7, 11) is -3.60. The summed E-state index contributed by atoms with van der Waals surface area (Å²) in [6, 6.07) is 11.0. The maximum Gasteiger partial charge on any atom is 0.242 e. The van der Waals surface area contributed by atoms with Crippen LogP contribution < -0.4 is 14.4 Å². The molecule has 0 saturated heterocycles. The molecule has 2 aromatic rings. The zero-order valence-corrected chi connectivity index (χ0v) is 25.1. The number of carbonyl (C=O) groups is 2. The molecule has 0 bridgehead atoms. The molecule has 0 spiro atoms. The molecule has 0 fully saturated rings. The van der Waals surface area contributed by atoms with Crippen LogP contribution >= 0.6 is 23.2 Å². The number of carbonyl (C=O) groups excluding carboxylic acids is 2. The topological polar surface area (TPSA) is 96.0 Å². The molecule has 1 N–H and O–H groups in total. The van der Waals surface area contributed by atoms with Crippen LogP contribution in [0.3, 0.4) is 0 Å². The standard InChI is InChI=1S/C27H37Cl2N3O5S/c1-7-37-21-15-13-20(14-16-21)32(38(6,35)36)17-9-12-25(33)31(19(2)26(34)30-27(3,4)5)18-22-23(28)10-8-11-24(22)29/h8,10-11,13-16,19H,7,9,12,17-18H2,1-6H3,(H,30,34)/t19-/m0/s1. The highest BCUT2D eigenvalue weighted by atomic mass is 35.5. The number of ether oxygens (including phenoxy) is 1. The van der Waals surface area contributed by atoms with Gasteiger partial charge in [-0.25, -0.2) is 8.42 Å². The number of nitrogens with one attached hydrogen (secondary N) is 1. The van der Waals surface area contributed by atoms with Crippen LogP contribution in [0.5, 0.6) is 5.75 Å². The van der Waals surface area contributed by atoms with Crippen LogP contribution in [-0.4, -0.2) is 56.1 Å². The molecule has 0 radical (unpaired) electrons. The minimum atomic E-state index is -3.60. The van der Waals surface area contributed by atoms with Crippen molar-refractivity contribution in [2.24, 2.45) is 0 Å². The summed E-state index contributed by atoms with van der Waals surface area (Å²) in [6.45, 7) is 9.70.